The molecular formula is C14H19Cl2NO. The van der Waals surface area contributed by atoms with Crippen LogP contribution in [0.2, 0.25) is 0 Å². The Balaban J connectivity index is 2.47. The fourth-order valence-corrected chi connectivity index (χ4v) is 1.37. The molecule has 0 amide bonds. The van der Waals surface area contributed by atoms with Crippen molar-refractivity contribution >= 4 is 23.2 Å². The third kappa shape index (κ3) is 6.29. The van der Waals surface area contributed by atoms with Gasteiger partial charge in [-0.2, -0.15) is 0 Å². The number of hydrogen-bond donors (Lipinski definition) is 1. The first kappa shape index (κ1) is 15.4. The lowest BCUT2D eigenvalue weighted by Gasteiger charge is -2.20. The van der Waals surface area contributed by atoms with Crippen LogP contribution in [0, 0.1) is 0 Å². The molecule has 0 radical (unpaired) electrons. The lowest BCUT2D eigenvalue weighted by molar-refractivity contribution is 0.359. The molecule has 0 aliphatic heterocycles. The zero-order chi connectivity index (χ0) is 13.6. The second-order valence-electron chi connectivity index (χ2n) is 5.09. The molecule has 0 heterocycles. The quantitative estimate of drug-likeness (QED) is 0.873. The molecule has 0 unspecified atom stereocenters. The van der Waals surface area contributed by atoms with Crippen LogP contribution in [0.5, 0.6) is 5.75 Å². The Kier molecular flexibility index (Phi) is 6.00. The molecule has 2 nitrogen and oxygen atoms in total. The van der Waals surface area contributed by atoms with E-state index in [1.807, 2.05) is 24.3 Å². The van der Waals surface area contributed by atoms with Gasteiger partial charge in [0.1, 0.15) is 12.4 Å². The summed E-state index contributed by atoms with van der Waals surface area (Å²) in [4.78, 5) is 0. The van der Waals surface area contributed by atoms with Crippen molar-refractivity contribution in [2.24, 2.45) is 0 Å². The van der Waals surface area contributed by atoms with E-state index in [4.69, 9.17) is 27.9 Å². The maximum atomic E-state index is 5.74. The molecular weight excluding hydrogens is 269 g/mol. The number of nitrogens with one attached hydrogen (secondary N) is 1. The topological polar surface area (TPSA) is 21.3 Å². The van der Waals surface area contributed by atoms with Gasteiger partial charge in [-0.05, 0) is 38.5 Å². The van der Waals surface area contributed by atoms with Gasteiger partial charge in [0.05, 0.1) is 5.03 Å². The Labute approximate surface area is 119 Å². The molecule has 0 bridgehead atoms. The van der Waals surface area contributed by atoms with E-state index < -0.39 is 0 Å². The largest absolute Gasteiger partial charge is 0.488 e. The van der Waals surface area contributed by atoms with Crippen molar-refractivity contribution in [2.75, 3.05) is 6.61 Å². The molecule has 1 aromatic carbocycles. The van der Waals surface area contributed by atoms with Crippen LogP contribution in [0.15, 0.2) is 34.8 Å². The minimum atomic E-state index is 0.119. The summed E-state index contributed by atoms with van der Waals surface area (Å²) in [6, 6.07) is 7.93. The molecule has 0 aliphatic rings. The summed E-state index contributed by atoms with van der Waals surface area (Å²) in [6.45, 7) is 7.57. The fourth-order valence-electron chi connectivity index (χ4n) is 1.25. The summed E-state index contributed by atoms with van der Waals surface area (Å²) in [5, 5.41) is 3.91. The van der Waals surface area contributed by atoms with Crippen LogP contribution in [0.4, 0.5) is 0 Å². The van der Waals surface area contributed by atoms with Gasteiger partial charge in [-0.25, -0.2) is 0 Å². The van der Waals surface area contributed by atoms with E-state index in [9.17, 15) is 0 Å². The predicted molar refractivity (Wildman–Crippen MR) is 78.3 cm³/mol. The van der Waals surface area contributed by atoms with Crippen molar-refractivity contribution in [3.05, 3.63) is 40.4 Å². The highest BCUT2D eigenvalue weighted by molar-refractivity contribution is 6.36. The summed E-state index contributed by atoms with van der Waals surface area (Å²) < 4.78 is 5.45. The number of rotatable bonds is 5. The second kappa shape index (κ2) is 7.03. The summed E-state index contributed by atoms with van der Waals surface area (Å²) in [6.07, 6.45) is 0. The minimum Gasteiger partial charge on any atom is -0.488 e. The van der Waals surface area contributed by atoms with Crippen molar-refractivity contribution in [1.29, 1.82) is 0 Å². The van der Waals surface area contributed by atoms with Gasteiger partial charge in [-0.1, -0.05) is 35.3 Å². The van der Waals surface area contributed by atoms with Crippen LogP contribution >= 0.6 is 23.2 Å². The number of ether oxygens (including phenoxy) is 1. The summed E-state index contributed by atoms with van der Waals surface area (Å²) in [5.74, 6) is 0.783. The van der Waals surface area contributed by atoms with Gasteiger partial charge in [0.25, 0.3) is 0 Å². The first-order valence-corrected chi connectivity index (χ1v) is 6.64. The normalized spacial score (nSPS) is 12.6. The third-order valence-corrected chi connectivity index (χ3v) is 2.83. The average molecular weight is 288 g/mol. The Morgan fingerprint density at radius 1 is 1.28 bits per heavy atom. The molecule has 0 aliphatic carbocycles. The number of hydrogen-bond acceptors (Lipinski definition) is 2. The van der Waals surface area contributed by atoms with Gasteiger partial charge < -0.3 is 10.1 Å². The Bertz CT molecular complexity index is 393. The van der Waals surface area contributed by atoms with E-state index in [-0.39, 0.29) is 5.54 Å². The van der Waals surface area contributed by atoms with Crippen molar-refractivity contribution in [2.45, 2.75) is 32.9 Å². The second-order valence-corrected chi connectivity index (χ2v) is 5.80. The van der Waals surface area contributed by atoms with Crippen LogP contribution in [0.25, 0.3) is 0 Å². The highest BCUT2D eigenvalue weighted by Gasteiger charge is 2.08. The average Bonchev–Trinajstić information content (AvgIpc) is 2.33. The van der Waals surface area contributed by atoms with Crippen molar-refractivity contribution < 1.29 is 4.74 Å². The van der Waals surface area contributed by atoms with E-state index in [2.05, 4.69) is 26.1 Å². The zero-order valence-corrected chi connectivity index (χ0v) is 12.5. The monoisotopic (exact) mass is 287 g/mol. The van der Waals surface area contributed by atoms with Gasteiger partial charge in [0, 0.05) is 17.6 Å². The Hall–Kier alpha value is -0.700. The SMILES string of the molecule is CC(C)(C)NCc1ccc(OCC(Cl)=CCl)cc1. The standard InChI is InChI=1S/C14H19Cl2NO/c1-14(2,3)17-9-11-4-6-13(7-5-11)18-10-12(16)8-15/h4-8,17H,9-10H2,1-3H3. The molecule has 0 spiro atoms. The van der Waals surface area contributed by atoms with E-state index in [1.165, 1.54) is 11.1 Å². The molecule has 0 atom stereocenters. The molecule has 1 rings (SSSR count). The molecule has 100 valence electrons. The zero-order valence-electron chi connectivity index (χ0n) is 11.0. The van der Waals surface area contributed by atoms with Gasteiger partial charge in [0.15, 0.2) is 0 Å². The first-order valence-electron chi connectivity index (χ1n) is 5.82. The highest BCUT2D eigenvalue weighted by atomic mass is 35.5. The van der Waals surface area contributed by atoms with E-state index >= 15 is 0 Å². The molecule has 1 aromatic rings. The fraction of sp³-hybridized carbons (Fsp3) is 0.429. The van der Waals surface area contributed by atoms with Crippen molar-refractivity contribution in [1.82, 2.24) is 5.32 Å². The molecule has 4 heteroatoms. The minimum absolute atomic E-state index is 0.119. The van der Waals surface area contributed by atoms with Gasteiger partial charge >= 0.3 is 0 Å². The van der Waals surface area contributed by atoms with Gasteiger partial charge in [-0.15, -0.1) is 0 Å². The maximum absolute atomic E-state index is 5.74. The van der Waals surface area contributed by atoms with Crippen LogP contribution < -0.4 is 10.1 Å². The molecule has 1 N–H and O–H groups in total. The molecule has 18 heavy (non-hydrogen) atoms. The molecule has 0 saturated carbocycles. The Morgan fingerprint density at radius 3 is 2.39 bits per heavy atom. The van der Waals surface area contributed by atoms with Gasteiger partial charge in [-0.3, -0.25) is 0 Å². The van der Waals surface area contributed by atoms with Crippen LogP contribution in [-0.2, 0) is 6.54 Å². The molecule has 0 aromatic heterocycles. The summed E-state index contributed by atoms with van der Waals surface area (Å²) in [7, 11) is 0. The van der Waals surface area contributed by atoms with Crippen LogP contribution in [0.1, 0.15) is 26.3 Å². The van der Waals surface area contributed by atoms with Crippen LogP contribution in [0.3, 0.4) is 0 Å². The summed E-state index contributed by atoms with van der Waals surface area (Å²) in [5.41, 5.74) is 2.65. The van der Waals surface area contributed by atoms with E-state index in [1.54, 1.807) is 0 Å². The highest BCUT2D eigenvalue weighted by Crippen LogP contribution is 2.15. The maximum Gasteiger partial charge on any atom is 0.125 e. The third-order valence-electron chi connectivity index (χ3n) is 2.24. The summed E-state index contributed by atoms with van der Waals surface area (Å²) >= 11 is 11.2. The molecule has 0 saturated heterocycles. The lowest BCUT2D eigenvalue weighted by Crippen LogP contribution is -2.35. The number of halogens is 2. The smallest absolute Gasteiger partial charge is 0.125 e. The van der Waals surface area contributed by atoms with E-state index in [0.717, 1.165) is 12.3 Å². The predicted octanol–water partition coefficient (Wildman–Crippen LogP) is 4.27. The van der Waals surface area contributed by atoms with Crippen molar-refractivity contribution in [3.63, 3.8) is 0 Å². The molecule has 0 fully saturated rings. The first-order chi connectivity index (χ1) is 8.40. The Morgan fingerprint density at radius 2 is 1.89 bits per heavy atom. The lowest BCUT2D eigenvalue weighted by atomic mass is 10.1. The van der Waals surface area contributed by atoms with Crippen molar-refractivity contribution in [3.8, 4) is 5.75 Å². The van der Waals surface area contributed by atoms with Crippen LogP contribution in [-0.4, -0.2) is 12.1 Å². The van der Waals surface area contributed by atoms with Gasteiger partial charge in [0.2, 0.25) is 0 Å². The number of benzene rings is 1. The van der Waals surface area contributed by atoms with E-state index in [0.29, 0.717) is 11.6 Å².